The van der Waals surface area contributed by atoms with Gasteiger partial charge in [0.25, 0.3) is 0 Å². The Labute approximate surface area is 118 Å². The molecule has 5 heteroatoms. The van der Waals surface area contributed by atoms with Crippen LogP contribution in [0.25, 0.3) is 0 Å². The number of hydrogen-bond donors (Lipinski definition) is 2. The van der Waals surface area contributed by atoms with Crippen LogP contribution in [-0.4, -0.2) is 39.3 Å². The zero-order valence-electron chi connectivity index (χ0n) is 12.1. The molecule has 0 radical (unpaired) electrons. The molecule has 1 unspecified atom stereocenters. The first-order valence-corrected chi connectivity index (χ1v) is 6.58. The fraction of sp³-hybridized carbons (Fsp3) is 0.923. The minimum atomic E-state index is 0. The lowest BCUT2D eigenvalue weighted by Gasteiger charge is -2.18. The van der Waals surface area contributed by atoms with Gasteiger partial charge in [-0.15, -0.1) is 12.4 Å². The molecule has 0 spiro atoms. The van der Waals surface area contributed by atoms with Gasteiger partial charge in [-0.1, -0.05) is 27.2 Å². The van der Waals surface area contributed by atoms with Gasteiger partial charge in [0.2, 0.25) is 5.91 Å². The van der Waals surface area contributed by atoms with Crippen molar-refractivity contribution in [3.05, 3.63) is 0 Å². The zero-order valence-corrected chi connectivity index (χ0v) is 12.9. The maximum atomic E-state index is 11.6. The number of nitrogens with one attached hydrogen (secondary N) is 2. The van der Waals surface area contributed by atoms with E-state index < -0.39 is 0 Å². The number of hydrogen-bond acceptors (Lipinski definition) is 3. The van der Waals surface area contributed by atoms with Gasteiger partial charge in [0.05, 0.1) is 6.61 Å². The monoisotopic (exact) mass is 280 g/mol. The van der Waals surface area contributed by atoms with E-state index in [2.05, 4.69) is 31.4 Å². The molecule has 110 valence electrons. The average Bonchev–Trinajstić information content (AvgIpc) is 2.30. The molecule has 0 saturated carbocycles. The second-order valence-electron chi connectivity index (χ2n) is 4.71. The smallest absolute Gasteiger partial charge is 0.220 e. The quantitative estimate of drug-likeness (QED) is 0.601. The van der Waals surface area contributed by atoms with Crippen LogP contribution >= 0.6 is 12.4 Å². The second-order valence-corrected chi connectivity index (χ2v) is 4.71. The highest BCUT2D eigenvalue weighted by Gasteiger charge is 2.14. The van der Waals surface area contributed by atoms with Crippen LogP contribution < -0.4 is 10.6 Å². The van der Waals surface area contributed by atoms with Crippen LogP contribution in [0.2, 0.25) is 0 Å². The van der Waals surface area contributed by atoms with E-state index >= 15 is 0 Å². The van der Waals surface area contributed by atoms with Crippen molar-refractivity contribution in [1.29, 1.82) is 0 Å². The predicted octanol–water partition coefficient (Wildman–Crippen LogP) is 1.83. The maximum absolute atomic E-state index is 11.6. The lowest BCUT2D eigenvalue weighted by molar-refractivity contribution is -0.122. The summed E-state index contributed by atoms with van der Waals surface area (Å²) in [6.45, 7) is 9.52. The van der Waals surface area contributed by atoms with Crippen molar-refractivity contribution >= 4 is 18.3 Å². The minimum absolute atomic E-state index is 0. The Hall–Kier alpha value is -0.320. The zero-order chi connectivity index (χ0) is 13.1. The van der Waals surface area contributed by atoms with Gasteiger partial charge in [0, 0.05) is 33.2 Å². The van der Waals surface area contributed by atoms with Crippen LogP contribution in [-0.2, 0) is 9.53 Å². The van der Waals surface area contributed by atoms with Crippen molar-refractivity contribution in [2.24, 2.45) is 11.8 Å². The van der Waals surface area contributed by atoms with Crippen molar-refractivity contribution in [3.63, 3.8) is 0 Å². The Morgan fingerprint density at radius 3 is 2.39 bits per heavy atom. The summed E-state index contributed by atoms with van der Waals surface area (Å²) in [4.78, 5) is 11.6. The molecule has 0 saturated heterocycles. The summed E-state index contributed by atoms with van der Waals surface area (Å²) in [7, 11) is 1.68. The van der Waals surface area contributed by atoms with Gasteiger partial charge in [-0.05, 0) is 11.8 Å². The summed E-state index contributed by atoms with van der Waals surface area (Å²) in [5, 5.41) is 6.13. The summed E-state index contributed by atoms with van der Waals surface area (Å²) >= 11 is 0. The summed E-state index contributed by atoms with van der Waals surface area (Å²) in [5.74, 6) is 1.24. The molecule has 1 amide bonds. The lowest BCUT2D eigenvalue weighted by Crippen LogP contribution is -2.34. The van der Waals surface area contributed by atoms with E-state index in [4.69, 9.17) is 4.74 Å². The SMILES string of the molecule is CCC(CC(=O)NCCNCCOC)C(C)C.Cl. The standard InChI is InChI=1S/C13H28N2O2.ClH/c1-5-12(11(2)3)10-13(16)15-7-6-14-8-9-17-4;/h11-12,14H,5-10H2,1-4H3,(H,15,16);1H. The molecular weight excluding hydrogens is 252 g/mol. The van der Waals surface area contributed by atoms with Gasteiger partial charge >= 0.3 is 0 Å². The van der Waals surface area contributed by atoms with Gasteiger partial charge in [-0.2, -0.15) is 0 Å². The van der Waals surface area contributed by atoms with Crippen LogP contribution in [0.15, 0.2) is 0 Å². The normalized spacial score (nSPS) is 12.1. The number of methoxy groups -OCH3 is 1. The second kappa shape index (κ2) is 13.1. The molecule has 0 aliphatic carbocycles. The third-order valence-corrected chi connectivity index (χ3v) is 3.02. The molecule has 0 aliphatic rings. The van der Waals surface area contributed by atoms with E-state index in [0.717, 1.165) is 19.5 Å². The van der Waals surface area contributed by atoms with Crippen LogP contribution in [0, 0.1) is 11.8 Å². The molecule has 0 rings (SSSR count). The molecule has 0 aliphatic heterocycles. The first-order chi connectivity index (χ1) is 8.11. The van der Waals surface area contributed by atoms with E-state index in [9.17, 15) is 4.79 Å². The molecule has 0 aromatic rings. The van der Waals surface area contributed by atoms with Crippen molar-refractivity contribution in [1.82, 2.24) is 10.6 Å². The molecule has 0 bridgehead atoms. The highest BCUT2D eigenvalue weighted by atomic mass is 35.5. The maximum Gasteiger partial charge on any atom is 0.220 e. The van der Waals surface area contributed by atoms with Gasteiger partial charge in [0.1, 0.15) is 0 Å². The third kappa shape index (κ3) is 10.8. The minimum Gasteiger partial charge on any atom is -0.383 e. The van der Waals surface area contributed by atoms with Gasteiger partial charge in [-0.25, -0.2) is 0 Å². The molecule has 0 aromatic carbocycles. The largest absolute Gasteiger partial charge is 0.383 e. The highest BCUT2D eigenvalue weighted by molar-refractivity contribution is 5.85. The number of halogens is 1. The van der Waals surface area contributed by atoms with E-state index in [1.165, 1.54) is 0 Å². The number of ether oxygens (including phenoxy) is 1. The van der Waals surface area contributed by atoms with E-state index in [-0.39, 0.29) is 18.3 Å². The molecule has 0 fully saturated rings. The number of rotatable bonds is 10. The van der Waals surface area contributed by atoms with Gasteiger partial charge in [0.15, 0.2) is 0 Å². The van der Waals surface area contributed by atoms with E-state index in [1.807, 2.05) is 0 Å². The first-order valence-electron chi connectivity index (χ1n) is 6.58. The van der Waals surface area contributed by atoms with Crippen molar-refractivity contribution < 1.29 is 9.53 Å². The molecule has 1 atom stereocenters. The summed E-state index contributed by atoms with van der Waals surface area (Å²) in [6.07, 6.45) is 1.71. The fourth-order valence-electron chi connectivity index (χ4n) is 1.75. The molecule has 18 heavy (non-hydrogen) atoms. The Morgan fingerprint density at radius 1 is 1.22 bits per heavy atom. The molecule has 2 N–H and O–H groups in total. The highest BCUT2D eigenvalue weighted by Crippen LogP contribution is 2.18. The Morgan fingerprint density at radius 2 is 1.89 bits per heavy atom. The summed E-state index contributed by atoms with van der Waals surface area (Å²) in [6, 6.07) is 0. The topological polar surface area (TPSA) is 50.4 Å². The van der Waals surface area contributed by atoms with Crippen molar-refractivity contribution in [2.75, 3.05) is 33.4 Å². The van der Waals surface area contributed by atoms with Crippen LogP contribution in [0.1, 0.15) is 33.6 Å². The predicted molar refractivity (Wildman–Crippen MR) is 78.2 cm³/mol. The molecule has 4 nitrogen and oxygen atoms in total. The van der Waals surface area contributed by atoms with Crippen molar-refractivity contribution in [3.8, 4) is 0 Å². The average molecular weight is 281 g/mol. The van der Waals surface area contributed by atoms with E-state index in [0.29, 0.717) is 31.4 Å². The molecule has 0 aromatic heterocycles. The fourth-order valence-corrected chi connectivity index (χ4v) is 1.75. The first kappa shape index (κ1) is 20.0. The summed E-state index contributed by atoms with van der Waals surface area (Å²) in [5.41, 5.74) is 0. The number of amides is 1. The molecule has 0 heterocycles. The summed E-state index contributed by atoms with van der Waals surface area (Å²) < 4.78 is 4.91. The van der Waals surface area contributed by atoms with E-state index in [1.54, 1.807) is 7.11 Å². The van der Waals surface area contributed by atoms with Crippen LogP contribution in [0.4, 0.5) is 0 Å². The van der Waals surface area contributed by atoms with Crippen LogP contribution in [0.5, 0.6) is 0 Å². The molecular formula is C13H29ClN2O2. The Bertz CT molecular complexity index is 201. The number of carbonyl (C=O) groups is 1. The Kier molecular flexibility index (Phi) is 14.6. The van der Waals surface area contributed by atoms with Crippen LogP contribution in [0.3, 0.4) is 0 Å². The van der Waals surface area contributed by atoms with Gasteiger partial charge in [-0.3, -0.25) is 4.79 Å². The van der Waals surface area contributed by atoms with Crippen molar-refractivity contribution in [2.45, 2.75) is 33.6 Å². The van der Waals surface area contributed by atoms with Gasteiger partial charge < -0.3 is 15.4 Å². The lowest BCUT2D eigenvalue weighted by atomic mass is 9.90. The Balaban J connectivity index is 0. The third-order valence-electron chi connectivity index (χ3n) is 3.02. The number of carbonyl (C=O) groups excluding carboxylic acids is 1.